The van der Waals surface area contributed by atoms with Crippen molar-refractivity contribution in [1.29, 1.82) is 0 Å². The predicted molar refractivity (Wildman–Crippen MR) is 80.8 cm³/mol. The Bertz CT molecular complexity index is 371. The lowest BCUT2D eigenvalue weighted by Gasteiger charge is -2.18. The van der Waals surface area contributed by atoms with Gasteiger partial charge >= 0.3 is 0 Å². The fourth-order valence-corrected chi connectivity index (χ4v) is 2.67. The molecule has 0 saturated carbocycles. The van der Waals surface area contributed by atoms with Gasteiger partial charge in [-0.05, 0) is 55.2 Å². The monoisotopic (exact) mass is 315 g/mol. The highest BCUT2D eigenvalue weighted by atomic mass is 79.9. The molecule has 18 heavy (non-hydrogen) atoms. The Hall–Kier alpha value is -0.350. The van der Waals surface area contributed by atoms with Crippen LogP contribution in [0.25, 0.3) is 0 Å². The molecule has 0 atom stereocenters. The van der Waals surface area contributed by atoms with Crippen LogP contribution in [0, 0.1) is 5.92 Å². The minimum Gasteiger partial charge on any atom is -0.301 e. The van der Waals surface area contributed by atoms with Gasteiger partial charge in [-0.1, -0.05) is 20.8 Å². The summed E-state index contributed by atoms with van der Waals surface area (Å²) < 4.78 is 3.32. The Morgan fingerprint density at radius 3 is 2.50 bits per heavy atom. The Labute approximate surface area is 120 Å². The second-order valence-electron chi connectivity index (χ2n) is 5.30. The summed E-state index contributed by atoms with van der Waals surface area (Å²) in [6.45, 7) is 11.9. The summed E-state index contributed by atoms with van der Waals surface area (Å²) in [6, 6.07) is 0. The molecule has 104 valence electrons. The molecule has 1 rings (SSSR count). The minimum absolute atomic E-state index is 0.762. The molecule has 0 bridgehead atoms. The maximum absolute atomic E-state index is 4.64. The lowest BCUT2D eigenvalue weighted by atomic mass is 10.1. The van der Waals surface area contributed by atoms with Crippen molar-refractivity contribution < 1.29 is 0 Å². The zero-order valence-corrected chi connectivity index (χ0v) is 13.9. The molecule has 1 aromatic rings. The molecular weight excluding hydrogens is 290 g/mol. The van der Waals surface area contributed by atoms with Gasteiger partial charge in [-0.3, -0.25) is 4.68 Å². The maximum atomic E-state index is 4.64. The van der Waals surface area contributed by atoms with E-state index >= 15 is 0 Å². The van der Waals surface area contributed by atoms with Crippen molar-refractivity contribution in [2.75, 3.05) is 13.6 Å². The van der Waals surface area contributed by atoms with Crippen LogP contribution in [0.15, 0.2) is 4.47 Å². The molecule has 0 spiro atoms. The van der Waals surface area contributed by atoms with Crippen LogP contribution in [0.5, 0.6) is 0 Å². The van der Waals surface area contributed by atoms with Crippen LogP contribution in [-0.4, -0.2) is 28.3 Å². The summed E-state index contributed by atoms with van der Waals surface area (Å²) in [4.78, 5) is 2.38. The zero-order chi connectivity index (χ0) is 13.7. The van der Waals surface area contributed by atoms with E-state index in [-0.39, 0.29) is 0 Å². The lowest BCUT2D eigenvalue weighted by molar-refractivity contribution is 0.293. The largest absolute Gasteiger partial charge is 0.301 e. The van der Waals surface area contributed by atoms with Gasteiger partial charge in [0.25, 0.3) is 0 Å². The SMILES string of the molecule is CCc1nn(CC)c(CN(C)CCC(C)C)c1Br. The number of nitrogens with zero attached hydrogens (tertiary/aromatic N) is 3. The molecule has 0 saturated heterocycles. The van der Waals surface area contributed by atoms with Gasteiger partial charge in [0.15, 0.2) is 0 Å². The molecule has 0 aliphatic heterocycles. The van der Waals surface area contributed by atoms with Crippen molar-refractivity contribution in [2.45, 2.75) is 53.6 Å². The number of halogens is 1. The van der Waals surface area contributed by atoms with Crippen LogP contribution in [0.4, 0.5) is 0 Å². The van der Waals surface area contributed by atoms with E-state index < -0.39 is 0 Å². The van der Waals surface area contributed by atoms with Gasteiger partial charge in [0.2, 0.25) is 0 Å². The average molecular weight is 316 g/mol. The molecule has 0 unspecified atom stereocenters. The Kier molecular flexibility index (Phi) is 6.36. The smallest absolute Gasteiger partial charge is 0.0767 e. The van der Waals surface area contributed by atoms with Crippen molar-refractivity contribution in [3.8, 4) is 0 Å². The highest BCUT2D eigenvalue weighted by molar-refractivity contribution is 9.10. The van der Waals surface area contributed by atoms with E-state index in [4.69, 9.17) is 0 Å². The first kappa shape index (κ1) is 15.7. The Morgan fingerprint density at radius 1 is 1.33 bits per heavy atom. The zero-order valence-electron chi connectivity index (χ0n) is 12.3. The van der Waals surface area contributed by atoms with E-state index in [0.717, 1.165) is 32.0 Å². The lowest BCUT2D eigenvalue weighted by Crippen LogP contribution is -2.22. The van der Waals surface area contributed by atoms with E-state index in [1.807, 2.05) is 0 Å². The van der Waals surface area contributed by atoms with E-state index in [9.17, 15) is 0 Å². The van der Waals surface area contributed by atoms with Gasteiger partial charge in [0, 0.05) is 13.1 Å². The number of rotatable bonds is 7. The van der Waals surface area contributed by atoms with Crippen LogP contribution < -0.4 is 0 Å². The molecule has 0 aromatic carbocycles. The average Bonchev–Trinajstić information content (AvgIpc) is 2.63. The first-order chi connectivity index (χ1) is 8.49. The normalized spacial score (nSPS) is 11.8. The second kappa shape index (κ2) is 7.29. The molecule has 0 aliphatic rings. The maximum Gasteiger partial charge on any atom is 0.0767 e. The molecule has 0 N–H and O–H groups in total. The summed E-state index contributed by atoms with van der Waals surface area (Å²) in [7, 11) is 2.19. The first-order valence-electron chi connectivity index (χ1n) is 6.92. The number of aromatic nitrogens is 2. The third-order valence-electron chi connectivity index (χ3n) is 3.20. The molecule has 3 nitrogen and oxygen atoms in total. The molecule has 0 radical (unpaired) electrons. The summed E-state index contributed by atoms with van der Waals surface area (Å²) in [5.41, 5.74) is 2.48. The second-order valence-corrected chi connectivity index (χ2v) is 6.09. The van der Waals surface area contributed by atoms with Gasteiger partial charge < -0.3 is 4.90 Å². The van der Waals surface area contributed by atoms with E-state index in [1.165, 1.54) is 22.3 Å². The predicted octanol–water partition coefficient (Wildman–Crippen LogP) is 3.71. The van der Waals surface area contributed by atoms with Crippen LogP contribution in [0.2, 0.25) is 0 Å². The van der Waals surface area contributed by atoms with Crippen LogP contribution in [-0.2, 0) is 19.5 Å². The molecule has 0 fully saturated rings. The van der Waals surface area contributed by atoms with Crippen LogP contribution in [0.3, 0.4) is 0 Å². The van der Waals surface area contributed by atoms with E-state index in [2.05, 4.69) is 65.4 Å². The molecular formula is C14H26BrN3. The quantitative estimate of drug-likeness (QED) is 0.765. The molecule has 0 aliphatic carbocycles. The molecule has 1 aromatic heterocycles. The standard InChI is InChI=1S/C14H26BrN3/c1-6-12-14(15)13(18(7-2)16-12)10-17(5)9-8-11(3)4/h11H,6-10H2,1-5H3. The van der Waals surface area contributed by atoms with Gasteiger partial charge in [-0.15, -0.1) is 0 Å². The summed E-state index contributed by atoms with van der Waals surface area (Å²) in [5, 5.41) is 4.64. The third kappa shape index (κ3) is 4.09. The number of hydrogen-bond donors (Lipinski definition) is 0. The number of hydrogen-bond acceptors (Lipinski definition) is 2. The van der Waals surface area contributed by atoms with Crippen molar-refractivity contribution in [1.82, 2.24) is 14.7 Å². The fourth-order valence-electron chi connectivity index (χ4n) is 1.98. The van der Waals surface area contributed by atoms with E-state index in [1.54, 1.807) is 0 Å². The Morgan fingerprint density at radius 2 is 2.00 bits per heavy atom. The van der Waals surface area contributed by atoms with Gasteiger partial charge in [-0.25, -0.2) is 0 Å². The fraction of sp³-hybridized carbons (Fsp3) is 0.786. The van der Waals surface area contributed by atoms with Crippen molar-refractivity contribution in [3.63, 3.8) is 0 Å². The third-order valence-corrected chi connectivity index (χ3v) is 4.12. The van der Waals surface area contributed by atoms with Crippen LogP contribution in [0.1, 0.15) is 45.5 Å². The van der Waals surface area contributed by atoms with Crippen LogP contribution >= 0.6 is 15.9 Å². The Balaban J connectivity index is 2.73. The summed E-state index contributed by atoms with van der Waals surface area (Å²) in [6.07, 6.45) is 2.23. The van der Waals surface area contributed by atoms with Crippen molar-refractivity contribution in [3.05, 3.63) is 15.9 Å². The van der Waals surface area contributed by atoms with Gasteiger partial charge in [-0.2, -0.15) is 5.10 Å². The van der Waals surface area contributed by atoms with Gasteiger partial charge in [0.1, 0.15) is 0 Å². The topological polar surface area (TPSA) is 21.1 Å². The first-order valence-corrected chi connectivity index (χ1v) is 7.71. The highest BCUT2D eigenvalue weighted by Gasteiger charge is 2.15. The molecule has 1 heterocycles. The van der Waals surface area contributed by atoms with Gasteiger partial charge in [0.05, 0.1) is 15.9 Å². The highest BCUT2D eigenvalue weighted by Crippen LogP contribution is 2.23. The summed E-state index contributed by atoms with van der Waals surface area (Å²) in [5.74, 6) is 0.762. The summed E-state index contributed by atoms with van der Waals surface area (Å²) >= 11 is 3.70. The van der Waals surface area contributed by atoms with Crippen molar-refractivity contribution >= 4 is 15.9 Å². The van der Waals surface area contributed by atoms with E-state index in [0.29, 0.717) is 0 Å². The number of aryl methyl sites for hydroxylation is 2. The molecule has 4 heteroatoms. The van der Waals surface area contributed by atoms with Crippen molar-refractivity contribution in [2.24, 2.45) is 5.92 Å². The molecule has 0 amide bonds. The minimum atomic E-state index is 0.762.